The number of hydrogen-bond acceptors (Lipinski definition) is 4. The second-order valence-corrected chi connectivity index (χ2v) is 9.35. The summed E-state index contributed by atoms with van der Waals surface area (Å²) in [4.78, 5) is 18.2. The Morgan fingerprint density at radius 1 is 1.16 bits per heavy atom. The highest BCUT2D eigenvalue weighted by Gasteiger charge is 2.29. The van der Waals surface area contributed by atoms with Crippen LogP contribution in [0.2, 0.25) is 5.02 Å². The largest absolute Gasteiger partial charge is 0.378 e. The Morgan fingerprint density at radius 2 is 1.94 bits per heavy atom. The molecular formula is C25H27ClN4O2. The summed E-state index contributed by atoms with van der Waals surface area (Å²) < 4.78 is 9.09. The Kier molecular flexibility index (Phi) is 5.51. The van der Waals surface area contributed by atoms with Crippen molar-refractivity contribution in [1.29, 1.82) is 0 Å². The molecule has 0 bridgehead atoms. The van der Waals surface area contributed by atoms with Gasteiger partial charge in [-0.25, -0.2) is 9.50 Å². The van der Waals surface area contributed by atoms with Crippen molar-refractivity contribution in [3.63, 3.8) is 0 Å². The first-order valence-corrected chi connectivity index (χ1v) is 11.5. The maximum atomic E-state index is 13.5. The normalized spacial score (nSPS) is 21.4. The highest BCUT2D eigenvalue weighted by molar-refractivity contribution is 6.30. The number of ether oxygens (including phenoxy) is 1. The van der Waals surface area contributed by atoms with Gasteiger partial charge >= 0.3 is 0 Å². The zero-order valence-corrected chi connectivity index (χ0v) is 19.3. The van der Waals surface area contributed by atoms with E-state index < -0.39 is 0 Å². The highest BCUT2D eigenvalue weighted by atomic mass is 35.5. The van der Waals surface area contributed by atoms with E-state index in [9.17, 15) is 4.79 Å². The molecule has 3 aromatic heterocycles. The van der Waals surface area contributed by atoms with E-state index in [1.165, 1.54) is 6.42 Å². The van der Waals surface area contributed by atoms with Gasteiger partial charge < -0.3 is 9.30 Å². The van der Waals surface area contributed by atoms with Crippen LogP contribution in [0.5, 0.6) is 0 Å². The smallest absolute Gasteiger partial charge is 0.261 e. The number of aromatic nitrogens is 4. The minimum Gasteiger partial charge on any atom is -0.378 e. The number of methoxy groups -OCH3 is 1. The summed E-state index contributed by atoms with van der Waals surface area (Å²) in [6, 6.07) is 9.82. The molecule has 1 saturated carbocycles. The van der Waals surface area contributed by atoms with Gasteiger partial charge in [0, 0.05) is 30.6 Å². The number of fused-ring (bicyclic) bond motifs is 3. The van der Waals surface area contributed by atoms with Gasteiger partial charge in [0.15, 0.2) is 5.65 Å². The summed E-state index contributed by atoms with van der Waals surface area (Å²) in [5.41, 5.74) is 4.08. The Morgan fingerprint density at radius 3 is 2.69 bits per heavy atom. The second kappa shape index (κ2) is 8.34. The van der Waals surface area contributed by atoms with Crippen molar-refractivity contribution in [2.75, 3.05) is 7.11 Å². The van der Waals surface area contributed by atoms with Crippen molar-refractivity contribution < 1.29 is 4.74 Å². The Labute approximate surface area is 191 Å². The number of nitrogens with zero attached hydrogens (tertiary/aromatic N) is 4. The number of benzene rings is 1. The number of rotatable bonds is 4. The van der Waals surface area contributed by atoms with E-state index in [0.29, 0.717) is 34.5 Å². The van der Waals surface area contributed by atoms with E-state index >= 15 is 0 Å². The summed E-state index contributed by atoms with van der Waals surface area (Å²) in [7, 11) is 1.65. The molecule has 0 saturated heterocycles. The maximum Gasteiger partial charge on any atom is 0.261 e. The quantitative estimate of drug-likeness (QED) is 0.411. The van der Waals surface area contributed by atoms with Gasteiger partial charge in [0.25, 0.3) is 5.56 Å². The molecule has 0 radical (unpaired) electrons. The van der Waals surface area contributed by atoms with Gasteiger partial charge in [-0.15, -0.1) is 0 Å². The lowest BCUT2D eigenvalue weighted by Crippen LogP contribution is -2.33. The van der Waals surface area contributed by atoms with Crippen molar-refractivity contribution >= 4 is 28.2 Å². The molecule has 166 valence electrons. The first-order chi connectivity index (χ1) is 15.5. The fourth-order valence-corrected chi connectivity index (χ4v) is 5.21. The van der Waals surface area contributed by atoms with Crippen LogP contribution in [0.25, 0.3) is 27.7 Å². The number of halogens is 1. The van der Waals surface area contributed by atoms with Gasteiger partial charge in [-0.2, -0.15) is 5.10 Å². The van der Waals surface area contributed by atoms with Gasteiger partial charge in [0.1, 0.15) is 0 Å². The molecule has 32 heavy (non-hydrogen) atoms. The predicted molar refractivity (Wildman–Crippen MR) is 127 cm³/mol. The highest BCUT2D eigenvalue weighted by Crippen LogP contribution is 2.37. The van der Waals surface area contributed by atoms with E-state index in [1.54, 1.807) is 17.8 Å². The van der Waals surface area contributed by atoms with Crippen LogP contribution in [0.4, 0.5) is 0 Å². The summed E-state index contributed by atoms with van der Waals surface area (Å²) in [6.45, 7) is 4.89. The van der Waals surface area contributed by atoms with Crippen molar-refractivity contribution in [3.8, 4) is 11.1 Å². The lowest BCUT2D eigenvalue weighted by Gasteiger charge is -2.35. The van der Waals surface area contributed by atoms with E-state index in [4.69, 9.17) is 26.4 Å². The molecule has 0 aliphatic heterocycles. The third-order valence-corrected chi connectivity index (χ3v) is 7.30. The number of pyridine rings is 1. The molecule has 0 N–H and O–H groups in total. The molecule has 4 aromatic rings. The third-order valence-electron chi connectivity index (χ3n) is 7.05. The summed E-state index contributed by atoms with van der Waals surface area (Å²) in [5.74, 6) is 1.08. The zero-order valence-electron chi connectivity index (χ0n) is 18.6. The standard InChI is InChI=1S/C25H27ClN4O2/c1-15-5-4-6-21(16(15)2)29-12-11-22-19(25(29)31)13-27-24-23(17-7-9-18(26)10-8-17)20(14-32-3)28-30(22)24/h7-13,15-16,21H,4-6,14H2,1-3H3/t15-,16-,21-/m0/s1. The van der Waals surface area contributed by atoms with Crippen LogP contribution < -0.4 is 5.56 Å². The molecular weight excluding hydrogens is 424 g/mol. The minimum absolute atomic E-state index is 0.000292. The lowest BCUT2D eigenvalue weighted by molar-refractivity contribution is 0.181. The molecule has 6 nitrogen and oxygen atoms in total. The van der Waals surface area contributed by atoms with Gasteiger partial charge in [-0.1, -0.05) is 50.4 Å². The predicted octanol–water partition coefficient (Wildman–Crippen LogP) is 5.51. The average Bonchev–Trinajstić information content (AvgIpc) is 3.15. The monoisotopic (exact) mass is 450 g/mol. The fraction of sp³-hybridized carbons (Fsp3) is 0.400. The van der Waals surface area contributed by atoms with Crippen LogP contribution in [-0.2, 0) is 11.3 Å². The molecule has 0 amide bonds. The van der Waals surface area contributed by atoms with Crippen LogP contribution in [-0.4, -0.2) is 26.3 Å². The molecule has 3 heterocycles. The number of hydrogen-bond donors (Lipinski definition) is 0. The van der Waals surface area contributed by atoms with Crippen molar-refractivity contribution in [2.24, 2.45) is 11.8 Å². The Hall–Kier alpha value is -2.70. The van der Waals surface area contributed by atoms with E-state index in [1.807, 2.05) is 41.1 Å². The summed E-state index contributed by atoms with van der Waals surface area (Å²) >= 11 is 6.09. The van der Waals surface area contributed by atoms with E-state index in [-0.39, 0.29) is 11.6 Å². The maximum absolute atomic E-state index is 13.5. The van der Waals surface area contributed by atoms with Gasteiger partial charge in [0.05, 0.1) is 28.8 Å². The molecule has 5 rings (SSSR count). The minimum atomic E-state index is -0.000292. The topological polar surface area (TPSA) is 61.4 Å². The van der Waals surface area contributed by atoms with Gasteiger partial charge in [-0.3, -0.25) is 4.79 Å². The molecule has 0 unspecified atom stereocenters. The molecule has 0 spiro atoms. The average molecular weight is 451 g/mol. The fourth-order valence-electron chi connectivity index (χ4n) is 5.09. The van der Waals surface area contributed by atoms with E-state index in [2.05, 4.69) is 13.8 Å². The van der Waals surface area contributed by atoms with E-state index in [0.717, 1.165) is 35.2 Å². The zero-order chi connectivity index (χ0) is 22.4. The Balaban J connectivity index is 1.70. The molecule has 7 heteroatoms. The summed E-state index contributed by atoms with van der Waals surface area (Å²) in [6.07, 6.45) is 7.04. The first kappa shape index (κ1) is 21.2. The van der Waals surface area contributed by atoms with Crippen LogP contribution in [0.15, 0.2) is 47.5 Å². The Bertz CT molecular complexity index is 1340. The van der Waals surface area contributed by atoms with Gasteiger partial charge in [-0.05, 0) is 42.0 Å². The second-order valence-electron chi connectivity index (χ2n) is 8.92. The van der Waals surface area contributed by atoms with Crippen molar-refractivity contribution in [2.45, 2.75) is 45.8 Å². The first-order valence-electron chi connectivity index (χ1n) is 11.2. The molecule has 1 aliphatic rings. The van der Waals surface area contributed by atoms with Crippen LogP contribution in [0, 0.1) is 11.8 Å². The molecule has 1 fully saturated rings. The molecule has 3 atom stereocenters. The van der Waals surface area contributed by atoms with Crippen molar-refractivity contribution in [1.82, 2.24) is 19.2 Å². The van der Waals surface area contributed by atoms with Gasteiger partial charge in [0.2, 0.25) is 0 Å². The van der Waals surface area contributed by atoms with Crippen LogP contribution >= 0.6 is 11.6 Å². The third kappa shape index (κ3) is 3.42. The molecule has 1 aromatic carbocycles. The van der Waals surface area contributed by atoms with Crippen LogP contribution in [0.3, 0.4) is 0 Å². The van der Waals surface area contributed by atoms with Crippen LogP contribution in [0.1, 0.15) is 44.8 Å². The molecule has 1 aliphatic carbocycles. The lowest BCUT2D eigenvalue weighted by atomic mass is 9.78. The summed E-state index contributed by atoms with van der Waals surface area (Å²) in [5, 5.41) is 6.04. The SMILES string of the molecule is COCc1nn2c(ncc3c(=O)n([C@H]4CCC[C@H](C)[C@@H]4C)ccc32)c1-c1ccc(Cl)cc1. The van der Waals surface area contributed by atoms with Crippen molar-refractivity contribution in [3.05, 3.63) is 63.8 Å².